The number of hydrogen-bond acceptors (Lipinski definition) is 2. The Morgan fingerprint density at radius 2 is 1.76 bits per heavy atom. The van der Waals surface area contributed by atoms with Crippen molar-refractivity contribution < 1.29 is 12.8 Å². The minimum atomic E-state index is -3.70. The van der Waals surface area contributed by atoms with E-state index in [1.54, 1.807) is 0 Å². The summed E-state index contributed by atoms with van der Waals surface area (Å²) in [4.78, 5) is -0.0245. The van der Waals surface area contributed by atoms with Crippen LogP contribution in [0.15, 0.2) is 47.4 Å². The largest absolute Gasteiger partial charge is 0.243 e. The summed E-state index contributed by atoms with van der Waals surface area (Å²) in [7, 11) is -2.23. The van der Waals surface area contributed by atoms with E-state index in [1.165, 1.54) is 17.4 Å². The standard InChI is InChI=1S/C15H15ClFNO2S/c1-11-3-5-12(6-4-11)10-18(2)21(19,20)13-7-8-15(17)14(16)9-13/h3-9H,10H2,1-2H3. The van der Waals surface area contributed by atoms with Crippen molar-refractivity contribution in [3.63, 3.8) is 0 Å². The van der Waals surface area contributed by atoms with Crippen LogP contribution in [0.3, 0.4) is 0 Å². The fourth-order valence-corrected chi connectivity index (χ4v) is 3.28. The number of sulfonamides is 1. The van der Waals surface area contributed by atoms with Gasteiger partial charge in [-0.1, -0.05) is 41.4 Å². The zero-order chi connectivity index (χ0) is 15.6. The molecule has 21 heavy (non-hydrogen) atoms. The zero-order valence-corrected chi connectivity index (χ0v) is 13.2. The summed E-state index contributed by atoms with van der Waals surface area (Å²) in [5, 5.41) is -0.209. The molecule has 112 valence electrons. The third kappa shape index (κ3) is 3.61. The smallest absolute Gasteiger partial charge is 0.207 e. The number of rotatable bonds is 4. The molecule has 2 aromatic carbocycles. The molecule has 0 fully saturated rings. The SMILES string of the molecule is Cc1ccc(CN(C)S(=O)(=O)c2ccc(F)c(Cl)c2)cc1. The highest BCUT2D eigenvalue weighted by Crippen LogP contribution is 2.22. The van der Waals surface area contributed by atoms with Gasteiger partial charge in [0.1, 0.15) is 5.82 Å². The number of aryl methyl sites for hydroxylation is 1. The van der Waals surface area contributed by atoms with E-state index in [9.17, 15) is 12.8 Å². The van der Waals surface area contributed by atoms with Gasteiger partial charge in [0.2, 0.25) is 10.0 Å². The van der Waals surface area contributed by atoms with E-state index in [-0.39, 0.29) is 16.5 Å². The van der Waals surface area contributed by atoms with Crippen molar-refractivity contribution in [1.82, 2.24) is 4.31 Å². The van der Waals surface area contributed by atoms with Crippen LogP contribution in [0.4, 0.5) is 4.39 Å². The van der Waals surface area contributed by atoms with Crippen molar-refractivity contribution >= 4 is 21.6 Å². The predicted octanol–water partition coefficient (Wildman–Crippen LogP) is 3.61. The summed E-state index contributed by atoms with van der Waals surface area (Å²) < 4.78 is 39.2. The third-order valence-corrected chi connectivity index (χ3v) is 5.21. The van der Waals surface area contributed by atoms with E-state index >= 15 is 0 Å². The Bertz CT molecular complexity index is 745. The lowest BCUT2D eigenvalue weighted by Crippen LogP contribution is -2.26. The van der Waals surface area contributed by atoms with Gasteiger partial charge in [-0.3, -0.25) is 0 Å². The van der Waals surface area contributed by atoms with Gasteiger partial charge in [-0.25, -0.2) is 12.8 Å². The minimum absolute atomic E-state index is 0.0245. The normalized spacial score (nSPS) is 11.9. The lowest BCUT2D eigenvalue weighted by atomic mass is 10.1. The molecule has 0 radical (unpaired) electrons. The molecule has 0 N–H and O–H groups in total. The molecular formula is C15H15ClFNO2S. The molecule has 0 atom stereocenters. The predicted molar refractivity (Wildman–Crippen MR) is 81.2 cm³/mol. The Balaban J connectivity index is 2.25. The van der Waals surface area contributed by atoms with Crippen LogP contribution >= 0.6 is 11.6 Å². The van der Waals surface area contributed by atoms with Gasteiger partial charge in [-0.15, -0.1) is 0 Å². The second-order valence-corrected chi connectivity index (χ2v) is 7.27. The van der Waals surface area contributed by atoms with Gasteiger partial charge in [0.05, 0.1) is 9.92 Å². The van der Waals surface area contributed by atoms with Gasteiger partial charge >= 0.3 is 0 Å². The van der Waals surface area contributed by atoms with E-state index in [2.05, 4.69) is 0 Å². The van der Waals surface area contributed by atoms with Crippen LogP contribution in [0, 0.1) is 12.7 Å². The minimum Gasteiger partial charge on any atom is -0.207 e. The highest BCUT2D eigenvalue weighted by atomic mass is 35.5. The molecule has 3 nitrogen and oxygen atoms in total. The second-order valence-electron chi connectivity index (χ2n) is 4.82. The summed E-state index contributed by atoms with van der Waals surface area (Å²) in [6.07, 6.45) is 0. The van der Waals surface area contributed by atoms with Crippen LogP contribution < -0.4 is 0 Å². The van der Waals surface area contributed by atoms with E-state index in [4.69, 9.17) is 11.6 Å². The highest BCUT2D eigenvalue weighted by Gasteiger charge is 2.21. The monoisotopic (exact) mass is 327 g/mol. The van der Waals surface area contributed by atoms with E-state index < -0.39 is 15.8 Å². The maximum atomic E-state index is 13.1. The molecule has 0 aliphatic rings. The summed E-state index contributed by atoms with van der Waals surface area (Å²) in [6, 6.07) is 11.0. The number of halogens is 2. The number of benzene rings is 2. The first-order valence-corrected chi connectivity index (χ1v) is 8.09. The topological polar surface area (TPSA) is 37.4 Å². The average Bonchev–Trinajstić information content (AvgIpc) is 2.44. The van der Waals surface area contributed by atoms with Crippen LogP contribution in [0.5, 0.6) is 0 Å². The molecule has 0 unspecified atom stereocenters. The second kappa shape index (κ2) is 6.13. The van der Waals surface area contributed by atoms with Crippen LogP contribution in [0.1, 0.15) is 11.1 Å². The van der Waals surface area contributed by atoms with Gasteiger partial charge in [-0.05, 0) is 30.7 Å². The van der Waals surface area contributed by atoms with Crippen molar-refractivity contribution in [1.29, 1.82) is 0 Å². The Morgan fingerprint density at radius 1 is 1.14 bits per heavy atom. The molecule has 0 aliphatic heterocycles. The van der Waals surface area contributed by atoms with Gasteiger partial charge in [0.25, 0.3) is 0 Å². The van der Waals surface area contributed by atoms with Crippen molar-refractivity contribution in [2.75, 3.05) is 7.05 Å². The molecule has 0 saturated carbocycles. The van der Waals surface area contributed by atoms with Crippen LogP contribution in [0.2, 0.25) is 5.02 Å². The first-order chi connectivity index (χ1) is 9.80. The Morgan fingerprint density at radius 3 is 2.33 bits per heavy atom. The maximum Gasteiger partial charge on any atom is 0.243 e. The van der Waals surface area contributed by atoms with Crippen LogP contribution in [-0.2, 0) is 16.6 Å². The van der Waals surface area contributed by atoms with E-state index in [0.717, 1.165) is 23.3 Å². The highest BCUT2D eigenvalue weighted by molar-refractivity contribution is 7.89. The molecule has 0 aliphatic carbocycles. The van der Waals surface area contributed by atoms with Crippen molar-refractivity contribution in [2.24, 2.45) is 0 Å². The number of hydrogen-bond donors (Lipinski definition) is 0. The first-order valence-electron chi connectivity index (χ1n) is 6.27. The molecule has 6 heteroatoms. The van der Waals surface area contributed by atoms with Gasteiger partial charge in [0, 0.05) is 13.6 Å². The summed E-state index contributed by atoms with van der Waals surface area (Å²) in [5.41, 5.74) is 1.98. The molecular weight excluding hydrogens is 313 g/mol. The molecule has 0 amide bonds. The summed E-state index contributed by atoms with van der Waals surface area (Å²) in [5.74, 6) is -0.642. The van der Waals surface area contributed by atoms with E-state index in [0.29, 0.717) is 0 Å². The molecule has 0 spiro atoms. The maximum absolute atomic E-state index is 13.1. The molecule has 0 bridgehead atoms. The summed E-state index contributed by atoms with van der Waals surface area (Å²) in [6.45, 7) is 2.20. The Labute approximate surface area is 129 Å². The van der Waals surface area contributed by atoms with Gasteiger partial charge in [0.15, 0.2) is 0 Å². The fraction of sp³-hybridized carbons (Fsp3) is 0.200. The van der Waals surface area contributed by atoms with Crippen molar-refractivity contribution in [2.45, 2.75) is 18.4 Å². The lowest BCUT2D eigenvalue weighted by Gasteiger charge is -2.17. The Hall–Kier alpha value is -1.43. The van der Waals surface area contributed by atoms with E-state index in [1.807, 2.05) is 31.2 Å². The zero-order valence-electron chi connectivity index (χ0n) is 11.7. The lowest BCUT2D eigenvalue weighted by molar-refractivity contribution is 0.466. The van der Waals surface area contributed by atoms with Crippen molar-refractivity contribution in [3.8, 4) is 0 Å². The van der Waals surface area contributed by atoms with Gasteiger partial charge in [-0.2, -0.15) is 4.31 Å². The molecule has 2 aromatic rings. The third-order valence-electron chi connectivity index (χ3n) is 3.13. The Kier molecular flexibility index (Phi) is 4.66. The average molecular weight is 328 g/mol. The van der Waals surface area contributed by atoms with Crippen LogP contribution in [0.25, 0.3) is 0 Å². The number of nitrogens with zero attached hydrogens (tertiary/aromatic N) is 1. The summed E-state index contributed by atoms with van der Waals surface area (Å²) >= 11 is 5.64. The quantitative estimate of drug-likeness (QED) is 0.860. The fourth-order valence-electron chi connectivity index (χ4n) is 1.85. The van der Waals surface area contributed by atoms with Crippen LogP contribution in [-0.4, -0.2) is 19.8 Å². The van der Waals surface area contributed by atoms with Gasteiger partial charge < -0.3 is 0 Å². The molecule has 0 aromatic heterocycles. The van der Waals surface area contributed by atoms with Crippen molar-refractivity contribution in [3.05, 3.63) is 64.4 Å². The molecule has 0 saturated heterocycles. The molecule has 2 rings (SSSR count). The first kappa shape index (κ1) is 15.9. The molecule has 0 heterocycles.